The summed E-state index contributed by atoms with van der Waals surface area (Å²) in [6.45, 7) is 0.777. The van der Waals surface area contributed by atoms with E-state index >= 15 is 0 Å². The van der Waals surface area contributed by atoms with Gasteiger partial charge in [-0.2, -0.15) is 5.10 Å². The second kappa shape index (κ2) is 7.14. The first kappa shape index (κ1) is 17.3. The van der Waals surface area contributed by atoms with Crippen molar-refractivity contribution < 1.29 is 19.4 Å². The number of carbonyl (C=O) groups excluding carboxylic acids is 1. The molecule has 8 heteroatoms. The predicted molar refractivity (Wildman–Crippen MR) is 91.0 cm³/mol. The maximum atomic E-state index is 12.6. The molecule has 132 valence electrons. The normalized spacial score (nSPS) is 14.5. The number of methoxy groups -OCH3 is 1. The molecule has 0 radical (unpaired) electrons. The molecule has 1 amide bonds. The van der Waals surface area contributed by atoms with E-state index in [0.717, 1.165) is 31.5 Å². The number of fused-ring (bicyclic) bond motifs is 1. The standard InChI is InChI=1S/C17H18ClN3O4/c1-25-14-6-5-10(8-12(14)18)15(17(23)24)20-16(22)11-9-19-21-7-3-2-4-13(11)21/h5-6,8-9,15H,2-4,7H2,1H3,(H,20,22)(H,23,24). The van der Waals surface area contributed by atoms with Gasteiger partial charge in [0.1, 0.15) is 5.75 Å². The highest BCUT2D eigenvalue weighted by atomic mass is 35.5. The van der Waals surface area contributed by atoms with Crippen LogP contribution >= 0.6 is 11.6 Å². The first-order valence-corrected chi connectivity index (χ1v) is 8.31. The van der Waals surface area contributed by atoms with Crippen LogP contribution in [0.2, 0.25) is 5.02 Å². The predicted octanol–water partition coefficient (Wildman–Crippen LogP) is 2.44. The molecule has 1 unspecified atom stereocenters. The Morgan fingerprint density at radius 2 is 2.20 bits per heavy atom. The number of hydrogen-bond acceptors (Lipinski definition) is 4. The average molecular weight is 364 g/mol. The second-order valence-corrected chi connectivity index (χ2v) is 6.23. The molecule has 0 bridgehead atoms. The first-order valence-electron chi connectivity index (χ1n) is 7.93. The zero-order valence-electron chi connectivity index (χ0n) is 13.7. The van der Waals surface area contributed by atoms with E-state index in [1.807, 2.05) is 0 Å². The second-order valence-electron chi connectivity index (χ2n) is 5.82. The fourth-order valence-corrected chi connectivity index (χ4v) is 3.24. The number of carboxylic acid groups (broad SMARTS) is 1. The first-order chi connectivity index (χ1) is 12.0. The SMILES string of the molecule is COc1ccc(C(NC(=O)c2cnn3c2CCCC3)C(=O)O)cc1Cl. The molecule has 2 N–H and O–H groups in total. The molecule has 2 heterocycles. The van der Waals surface area contributed by atoms with Crippen LogP contribution in [0.1, 0.15) is 40.5 Å². The van der Waals surface area contributed by atoms with Crippen molar-refractivity contribution in [3.63, 3.8) is 0 Å². The lowest BCUT2D eigenvalue weighted by Crippen LogP contribution is -2.34. The van der Waals surface area contributed by atoms with Crippen LogP contribution in [0.5, 0.6) is 5.75 Å². The molecule has 0 saturated carbocycles. The lowest BCUT2D eigenvalue weighted by molar-refractivity contribution is -0.139. The molecule has 1 aliphatic heterocycles. The summed E-state index contributed by atoms with van der Waals surface area (Å²) in [7, 11) is 1.47. The summed E-state index contributed by atoms with van der Waals surface area (Å²) >= 11 is 6.07. The van der Waals surface area contributed by atoms with Gasteiger partial charge in [0.05, 0.1) is 29.6 Å². The van der Waals surface area contributed by atoms with Crippen LogP contribution in [-0.2, 0) is 17.8 Å². The minimum atomic E-state index is -1.21. The molecule has 2 aromatic rings. The Hall–Kier alpha value is -2.54. The van der Waals surface area contributed by atoms with Gasteiger partial charge in [0.25, 0.3) is 5.91 Å². The van der Waals surface area contributed by atoms with Gasteiger partial charge in [-0.05, 0) is 37.0 Å². The van der Waals surface area contributed by atoms with Gasteiger partial charge in [-0.25, -0.2) is 4.79 Å². The molecule has 3 rings (SSSR count). The van der Waals surface area contributed by atoms with Crippen LogP contribution in [0.3, 0.4) is 0 Å². The van der Waals surface area contributed by atoms with Gasteiger partial charge in [0, 0.05) is 6.54 Å². The van der Waals surface area contributed by atoms with Crippen molar-refractivity contribution in [3.05, 3.63) is 46.2 Å². The fraction of sp³-hybridized carbons (Fsp3) is 0.353. The number of aliphatic carboxylic acids is 1. The van der Waals surface area contributed by atoms with Crippen molar-refractivity contribution in [2.24, 2.45) is 0 Å². The van der Waals surface area contributed by atoms with E-state index in [2.05, 4.69) is 10.4 Å². The topological polar surface area (TPSA) is 93.5 Å². The van der Waals surface area contributed by atoms with Gasteiger partial charge in [-0.15, -0.1) is 0 Å². The van der Waals surface area contributed by atoms with E-state index in [9.17, 15) is 14.7 Å². The number of amides is 1. The zero-order valence-corrected chi connectivity index (χ0v) is 14.4. The van der Waals surface area contributed by atoms with E-state index in [4.69, 9.17) is 16.3 Å². The number of nitrogens with one attached hydrogen (secondary N) is 1. The lowest BCUT2D eigenvalue weighted by atomic mass is 10.0. The van der Waals surface area contributed by atoms with Crippen LogP contribution in [0, 0.1) is 0 Å². The number of hydrogen-bond donors (Lipinski definition) is 2. The van der Waals surface area contributed by atoms with Gasteiger partial charge < -0.3 is 15.2 Å². The van der Waals surface area contributed by atoms with Crippen molar-refractivity contribution in [1.29, 1.82) is 0 Å². The average Bonchev–Trinajstić information content (AvgIpc) is 3.03. The highest BCUT2D eigenvalue weighted by molar-refractivity contribution is 6.32. The molecule has 1 aromatic carbocycles. The number of halogens is 1. The Morgan fingerprint density at radius 3 is 2.88 bits per heavy atom. The Morgan fingerprint density at radius 1 is 1.40 bits per heavy atom. The Kier molecular flexibility index (Phi) is 4.94. The van der Waals surface area contributed by atoms with Gasteiger partial charge in [-0.1, -0.05) is 17.7 Å². The number of aromatic nitrogens is 2. The van der Waals surface area contributed by atoms with E-state index in [-0.39, 0.29) is 5.02 Å². The maximum absolute atomic E-state index is 12.6. The summed E-state index contributed by atoms with van der Waals surface area (Å²) < 4.78 is 6.87. The highest BCUT2D eigenvalue weighted by Gasteiger charge is 2.26. The summed E-state index contributed by atoms with van der Waals surface area (Å²) in [6.07, 6.45) is 4.27. The van der Waals surface area contributed by atoms with Crippen molar-refractivity contribution in [2.45, 2.75) is 31.8 Å². The Balaban J connectivity index is 1.85. The largest absolute Gasteiger partial charge is 0.495 e. The minimum absolute atomic E-state index is 0.281. The summed E-state index contributed by atoms with van der Waals surface area (Å²) in [4.78, 5) is 24.2. The number of rotatable bonds is 5. The lowest BCUT2D eigenvalue weighted by Gasteiger charge is -2.17. The van der Waals surface area contributed by atoms with E-state index < -0.39 is 17.9 Å². The van der Waals surface area contributed by atoms with Crippen molar-refractivity contribution >= 4 is 23.5 Å². The summed E-state index contributed by atoms with van der Waals surface area (Å²) in [5, 5.41) is 16.6. The van der Waals surface area contributed by atoms with Crippen LogP contribution in [0.4, 0.5) is 0 Å². The molecular formula is C17H18ClN3O4. The Labute approximate surface area is 149 Å². The molecule has 0 saturated heterocycles. The van der Waals surface area contributed by atoms with Crippen LogP contribution in [-0.4, -0.2) is 33.9 Å². The number of carbonyl (C=O) groups is 2. The molecule has 0 spiro atoms. The van der Waals surface area contributed by atoms with Crippen LogP contribution < -0.4 is 10.1 Å². The number of benzene rings is 1. The summed E-state index contributed by atoms with van der Waals surface area (Å²) in [5.41, 5.74) is 1.64. The number of ether oxygens (including phenoxy) is 1. The van der Waals surface area contributed by atoms with Gasteiger partial charge >= 0.3 is 5.97 Å². The molecule has 25 heavy (non-hydrogen) atoms. The third-order valence-electron chi connectivity index (χ3n) is 4.26. The van der Waals surface area contributed by atoms with Crippen molar-refractivity contribution in [3.8, 4) is 5.75 Å². The van der Waals surface area contributed by atoms with Gasteiger partial charge in [0.2, 0.25) is 0 Å². The minimum Gasteiger partial charge on any atom is -0.495 e. The monoisotopic (exact) mass is 363 g/mol. The highest BCUT2D eigenvalue weighted by Crippen LogP contribution is 2.28. The van der Waals surface area contributed by atoms with Gasteiger partial charge in [-0.3, -0.25) is 9.48 Å². The van der Waals surface area contributed by atoms with E-state index in [0.29, 0.717) is 16.9 Å². The van der Waals surface area contributed by atoms with Crippen LogP contribution in [0.25, 0.3) is 0 Å². The number of nitrogens with zero attached hydrogens (tertiary/aromatic N) is 2. The molecule has 0 fully saturated rings. The molecule has 7 nitrogen and oxygen atoms in total. The summed E-state index contributed by atoms with van der Waals surface area (Å²) in [6, 6.07) is 3.40. The quantitative estimate of drug-likeness (QED) is 0.851. The summed E-state index contributed by atoms with van der Waals surface area (Å²) in [5.74, 6) is -1.19. The Bertz CT molecular complexity index is 818. The number of carboxylic acids is 1. The third-order valence-corrected chi connectivity index (χ3v) is 4.55. The maximum Gasteiger partial charge on any atom is 0.330 e. The van der Waals surface area contributed by atoms with Gasteiger partial charge in [0.15, 0.2) is 6.04 Å². The smallest absolute Gasteiger partial charge is 0.330 e. The molecule has 1 aliphatic rings. The number of aryl methyl sites for hydroxylation is 1. The third kappa shape index (κ3) is 3.46. The molecule has 1 aromatic heterocycles. The van der Waals surface area contributed by atoms with Crippen molar-refractivity contribution in [2.75, 3.05) is 7.11 Å². The molecule has 0 aliphatic carbocycles. The van der Waals surface area contributed by atoms with E-state index in [1.54, 1.807) is 16.8 Å². The molecular weight excluding hydrogens is 346 g/mol. The van der Waals surface area contributed by atoms with Crippen LogP contribution in [0.15, 0.2) is 24.4 Å². The zero-order chi connectivity index (χ0) is 18.0. The fourth-order valence-electron chi connectivity index (χ4n) is 2.97. The van der Waals surface area contributed by atoms with Crippen molar-refractivity contribution in [1.82, 2.24) is 15.1 Å². The van der Waals surface area contributed by atoms with E-state index in [1.165, 1.54) is 19.4 Å². The molecule has 1 atom stereocenters.